The molecule has 0 spiro atoms. The van der Waals surface area contributed by atoms with Crippen LogP contribution in [-0.4, -0.2) is 9.13 Å². The Bertz CT molecular complexity index is 564. The summed E-state index contributed by atoms with van der Waals surface area (Å²) < 4.78 is 4.94. The molecule has 5 heteroatoms. The van der Waals surface area contributed by atoms with Crippen molar-refractivity contribution < 1.29 is 4.57 Å². The molecule has 0 aliphatic rings. The van der Waals surface area contributed by atoms with Gasteiger partial charge in [-0.15, -0.1) is 0 Å². The normalized spacial score (nSPS) is 11.1. The van der Waals surface area contributed by atoms with Crippen molar-refractivity contribution in [2.24, 2.45) is 21.1 Å². The molecule has 0 atom stereocenters. The van der Waals surface area contributed by atoms with Gasteiger partial charge in [-0.25, -0.2) is 9.36 Å². The Morgan fingerprint density at radius 2 is 2.00 bits per heavy atom. The summed E-state index contributed by atoms with van der Waals surface area (Å²) in [6, 6.07) is 1.88. The summed E-state index contributed by atoms with van der Waals surface area (Å²) in [5, 5.41) is 0. The second-order valence-electron chi connectivity index (χ2n) is 3.45. The van der Waals surface area contributed by atoms with E-state index in [0.717, 1.165) is 11.0 Å². The Hall–Kier alpha value is -1.78. The third-order valence-electron chi connectivity index (χ3n) is 2.59. The van der Waals surface area contributed by atoms with Crippen LogP contribution in [-0.2, 0) is 21.1 Å². The van der Waals surface area contributed by atoms with E-state index >= 15 is 0 Å². The van der Waals surface area contributed by atoms with Gasteiger partial charge in [-0.1, -0.05) is 0 Å². The molecule has 2 rings (SSSR count). The average molecular weight is 193 g/mol. The summed E-state index contributed by atoms with van der Waals surface area (Å²) in [4.78, 5) is 11.6. The highest BCUT2D eigenvalue weighted by molar-refractivity contribution is 5.83. The molecule has 0 fully saturated rings. The number of aromatic nitrogens is 3. The van der Waals surface area contributed by atoms with Gasteiger partial charge in [-0.3, -0.25) is 14.9 Å². The molecule has 2 heterocycles. The van der Waals surface area contributed by atoms with E-state index in [2.05, 4.69) is 0 Å². The predicted octanol–water partition coefficient (Wildman–Crippen LogP) is -0.716. The summed E-state index contributed by atoms with van der Waals surface area (Å²) in [5.41, 5.74) is 7.47. The second-order valence-corrected chi connectivity index (χ2v) is 3.45. The molecule has 0 unspecified atom stereocenters. The lowest BCUT2D eigenvalue weighted by Gasteiger charge is -1.98. The summed E-state index contributed by atoms with van der Waals surface area (Å²) in [6.07, 6.45) is 1.84. The molecule has 0 radical (unpaired) electrons. The maximum atomic E-state index is 11.6. The highest BCUT2D eigenvalue weighted by Gasteiger charge is 2.15. The van der Waals surface area contributed by atoms with Gasteiger partial charge in [0, 0.05) is 20.2 Å². The number of nitrogens with two attached hydrogens (primary N) is 1. The van der Waals surface area contributed by atoms with Gasteiger partial charge in [-0.2, -0.15) is 0 Å². The van der Waals surface area contributed by atoms with Crippen LogP contribution in [0.1, 0.15) is 0 Å². The van der Waals surface area contributed by atoms with E-state index in [0.29, 0.717) is 5.82 Å². The molecule has 0 aliphatic carbocycles. The van der Waals surface area contributed by atoms with Crippen LogP contribution in [0.15, 0.2) is 17.1 Å². The van der Waals surface area contributed by atoms with Crippen molar-refractivity contribution in [2.75, 3.05) is 5.73 Å². The Labute approximate surface area is 81.0 Å². The third kappa shape index (κ3) is 0.891. The first kappa shape index (κ1) is 8.80. The maximum absolute atomic E-state index is 11.6. The lowest BCUT2D eigenvalue weighted by molar-refractivity contribution is -0.655. The van der Waals surface area contributed by atoms with Gasteiger partial charge < -0.3 is 0 Å². The van der Waals surface area contributed by atoms with Crippen molar-refractivity contribution in [1.29, 1.82) is 0 Å². The third-order valence-corrected chi connectivity index (χ3v) is 2.59. The van der Waals surface area contributed by atoms with Crippen LogP contribution in [0.5, 0.6) is 0 Å². The standard InChI is InChI=1S/C9H12N4O/c1-11-5-4-6-7(8(11)10)13(3)9(14)12(6)2/h4-5,10H,1-3H3/p+1. The van der Waals surface area contributed by atoms with E-state index in [-0.39, 0.29) is 5.69 Å². The number of fused-ring (bicyclic) bond motifs is 1. The molecule has 2 aromatic rings. The van der Waals surface area contributed by atoms with Crippen LogP contribution in [0.3, 0.4) is 0 Å². The zero-order chi connectivity index (χ0) is 10.5. The van der Waals surface area contributed by atoms with Crippen molar-refractivity contribution in [3.63, 3.8) is 0 Å². The number of hydrogen-bond acceptors (Lipinski definition) is 2. The SMILES string of the molecule is Cn1c(=O)n(C)c2c(N)[n+](C)ccc21. The summed E-state index contributed by atoms with van der Waals surface area (Å²) in [7, 11) is 5.32. The zero-order valence-corrected chi connectivity index (χ0v) is 8.48. The van der Waals surface area contributed by atoms with Crippen LogP contribution in [0.25, 0.3) is 11.0 Å². The number of nitrogen functional groups attached to an aromatic ring is 1. The van der Waals surface area contributed by atoms with Crippen LogP contribution >= 0.6 is 0 Å². The second kappa shape index (κ2) is 2.60. The smallest absolute Gasteiger partial charge is 0.295 e. The van der Waals surface area contributed by atoms with Gasteiger partial charge in [0.15, 0.2) is 5.52 Å². The fourth-order valence-corrected chi connectivity index (χ4v) is 1.68. The molecule has 0 saturated heterocycles. The molecule has 2 aromatic heterocycles. The van der Waals surface area contributed by atoms with Crippen LogP contribution in [0, 0.1) is 0 Å². The first-order chi connectivity index (χ1) is 6.54. The molecule has 0 bridgehead atoms. The van der Waals surface area contributed by atoms with E-state index < -0.39 is 0 Å². The molecule has 0 saturated carbocycles. The van der Waals surface area contributed by atoms with Crippen molar-refractivity contribution in [1.82, 2.24) is 9.13 Å². The van der Waals surface area contributed by atoms with Gasteiger partial charge in [0.1, 0.15) is 0 Å². The molecule has 0 aromatic carbocycles. The zero-order valence-electron chi connectivity index (χ0n) is 8.48. The average Bonchev–Trinajstić information content (AvgIpc) is 2.38. The fraction of sp³-hybridized carbons (Fsp3) is 0.333. The van der Waals surface area contributed by atoms with E-state index in [4.69, 9.17) is 5.73 Å². The number of aryl methyl sites for hydroxylation is 3. The van der Waals surface area contributed by atoms with Crippen LogP contribution < -0.4 is 16.0 Å². The molecular formula is C9H13N4O+. The molecule has 2 N–H and O–H groups in total. The van der Waals surface area contributed by atoms with Crippen LogP contribution in [0.4, 0.5) is 5.82 Å². The van der Waals surface area contributed by atoms with Gasteiger partial charge in [0.2, 0.25) is 0 Å². The minimum Gasteiger partial charge on any atom is -0.295 e. The Kier molecular flexibility index (Phi) is 1.64. The lowest BCUT2D eigenvalue weighted by atomic mass is 10.3. The highest BCUT2D eigenvalue weighted by atomic mass is 16.1. The molecular weight excluding hydrogens is 180 g/mol. The van der Waals surface area contributed by atoms with Crippen molar-refractivity contribution >= 4 is 16.9 Å². The minimum absolute atomic E-state index is 0.0575. The van der Waals surface area contributed by atoms with E-state index in [1.165, 1.54) is 0 Å². The summed E-state index contributed by atoms with van der Waals surface area (Å²) >= 11 is 0. The minimum atomic E-state index is -0.0575. The lowest BCUT2D eigenvalue weighted by Crippen LogP contribution is -2.32. The first-order valence-electron chi connectivity index (χ1n) is 4.33. The molecule has 74 valence electrons. The number of pyridine rings is 1. The predicted molar refractivity (Wildman–Crippen MR) is 53.7 cm³/mol. The van der Waals surface area contributed by atoms with Gasteiger partial charge in [0.25, 0.3) is 5.82 Å². The van der Waals surface area contributed by atoms with Crippen molar-refractivity contribution in [3.8, 4) is 0 Å². The fourth-order valence-electron chi connectivity index (χ4n) is 1.68. The molecule has 0 aliphatic heterocycles. The largest absolute Gasteiger partial charge is 0.328 e. The van der Waals surface area contributed by atoms with E-state index in [9.17, 15) is 4.79 Å². The summed E-state index contributed by atoms with van der Waals surface area (Å²) in [5.74, 6) is 0.600. The molecule has 14 heavy (non-hydrogen) atoms. The van der Waals surface area contributed by atoms with Gasteiger partial charge in [0.05, 0.1) is 18.8 Å². The number of nitrogens with zero attached hydrogens (tertiary/aromatic N) is 3. The maximum Gasteiger partial charge on any atom is 0.328 e. The summed E-state index contributed by atoms with van der Waals surface area (Å²) in [6.45, 7) is 0. The van der Waals surface area contributed by atoms with Crippen molar-refractivity contribution in [3.05, 3.63) is 22.7 Å². The van der Waals surface area contributed by atoms with E-state index in [1.807, 2.05) is 19.3 Å². The highest BCUT2D eigenvalue weighted by Crippen LogP contribution is 2.13. The van der Waals surface area contributed by atoms with Gasteiger partial charge >= 0.3 is 5.69 Å². The molecule has 0 amide bonds. The molecule has 5 nitrogen and oxygen atoms in total. The monoisotopic (exact) mass is 193 g/mol. The first-order valence-corrected chi connectivity index (χ1v) is 4.33. The number of anilines is 1. The topological polar surface area (TPSA) is 56.8 Å². The van der Waals surface area contributed by atoms with Crippen molar-refractivity contribution in [2.45, 2.75) is 0 Å². The number of hydrogen-bond donors (Lipinski definition) is 1. The van der Waals surface area contributed by atoms with E-state index in [1.54, 1.807) is 27.8 Å². The quantitative estimate of drug-likeness (QED) is 0.562. The number of imidazole rings is 1. The Balaban J connectivity index is 3.11. The Morgan fingerprint density at radius 1 is 1.36 bits per heavy atom. The van der Waals surface area contributed by atoms with Crippen LogP contribution in [0.2, 0.25) is 0 Å². The van der Waals surface area contributed by atoms with Gasteiger partial charge in [-0.05, 0) is 0 Å². The Morgan fingerprint density at radius 3 is 2.64 bits per heavy atom. The number of rotatable bonds is 0.